The highest BCUT2D eigenvalue weighted by Gasteiger charge is 2.52. The summed E-state index contributed by atoms with van der Waals surface area (Å²) in [6.45, 7) is 1.45. The van der Waals surface area contributed by atoms with E-state index in [4.69, 9.17) is 14.2 Å². The summed E-state index contributed by atoms with van der Waals surface area (Å²) in [7, 11) is 0. The van der Waals surface area contributed by atoms with Gasteiger partial charge in [0.25, 0.3) is 0 Å². The fourth-order valence-corrected chi connectivity index (χ4v) is 3.14. The Bertz CT molecular complexity index is 481. The molecule has 1 saturated heterocycles. The van der Waals surface area contributed by atoms with Crippen molar-refractivity contribution in [3.05, 3.63) is 35.9 Å². The number of carboxylic acids is 1. The maximum atomic E-state index is 11.5. The van der Waals surface area contributed by atoms with Gasteiger partial charge in [-0.05, 0) is 18.4 Å². The predicted molar refractivity (Wildman–Crippen MR) is 74.6 cm³/mol. The third kappa shape index (κ3) is 3.10. The number of ether oxygens (including phenoxy) is 3. The molecule has 0 radical (unpaired) electrons. The molecule has 5 heteroatoms. The smallest absolute Gasteiger partial charge is 0.312 e. The number of carboxylic acid groups (broad SMARTS) is 1. The molecule has 1 saturated carbocycles. The fraction of sp³-hybridized carbons (Fsp3) is 0.562. The van der Waals surface area contributed by atoms with E-state index in [0.29, 0.717) is 32.7 Å². The lowest BCUT2D eigenvalue weighted by atomic mass is 9.81. The van der Waals surface area contributed by atoms with E-state index < -0.39 is 17.7 Å². The Balaban J connectivity index is 1.61. The summed E-state index contributed by atoms with van der Waals surface area (Å²) in [5, 5.41) is 9.45. The monoisotopic (exact) mass is 292 g/mol. The van der Waals surface area contributed by atoms with Gasteiger partial charge in [-0.1, -0.05) is 30.3 Å². The van der Waals surface area contributed by atoms with Crippen LogP contribution in [0, 0.1) is 5.92 Å². The van der Waals surface area contributed by atoms with Gasteiger partial charge in [-0.2, -0.15) is 0 Å². The number of benzene rings is 1. The third-order valence-electron chi connectivity index (χ3n) is 4.25. The molecule has 1 heterocycles. The van der Waals surface area contributed by atoms with E-state index in [1.54, 1.807) is 0 Å². The SMILES string of the molecule is O=C(O)C1CC(OCc2ccccc2)CCC12OCCO2. The topological polar surface area (TPSA) is 65.0 Å². The Morgan fingerprint density at radius 1 is 1.29 bits per heavy atom. The summed E-state index contributed by atoms with van der Waals surface area (Å²) < 4.78 is 17.1. The van der Waals surface area contributed by atoms with Crippen molar-refractivity contribution in [1.82, 2.24) is 0 Å². The molecule has 0 amide bonds. The highest BCUT2D eigenvalue weighted by Crippen LogP contribution is 2.41. The molecule has 1 spiro atoms. The van der Waals surface area contributed by atoms with Crippen molar-refractivity contribution in [2.24, 2.45) is 5.92 Å². The van der Waals surface area contributed by atoms with Crippen LogP contribution in [-0.2, 0) is 25.6 Å². The van der Waals surface area contributed by atoms with Crippen LogP contribution in [0.15, 0.2) is 30.3 Å². The Kier molecular flexibility index (Phi) is 4.24. The van der Waals surface area contributed by atoms with E-state index in [1.807, 2.05) is 30.3 Å². The van der Waals surface area contributed by atoms with Gasteiger partial charge in [-0.25, -0.2) is 0 Å². The van der Waals surface area contributed by atoms with E-state index in [1.165, 1.54) is 0 Å². The molecule has 21 heavy (non-hydrogen) atoms. The van der Waals surface area contributed by atoms with Crippen molar-refractivity contribution in [3.8, 4) is 0 Å². The van der Waals surface area contributed by atoms with Crippen LogP contribution >= 0.6 is 0 Å². The highest BCUT2D eigenvalue weighted by atomic mass is 16.7. The number of hydrogen-bond donors (Lipinski definition) is 1. The lowest BCUT2D eigenvalue weighted by molar-refractivity contribution is -0.232. The van der Waals surface area contributed by atoms with Crippen LogP contribution < -0.4 is 0 Å². The molecule has 1 N–H and O–H groups in total. The van der Waals surface area contributed by atoms with Crippen molar-refractivity contribution >= 4 is 5.97 Å². The molecule has 2 atom stereocenters. The van der Waals surface area contributed by atoms with Gasteiger partial charge >= 0.3 is 5.97 Å². The second-order valence-electron chi connectivity index (χ2n) is 5.59. The normalized spacial score (nSPS) is 27.8. The molecule has 2 fully saturated rings. The molecule has 0 aromatic heterocycles. The van der Waals surface area contributed by atoms with Crippen LogP contribution in [0.5, 0.6) is 0 Å². The lowest BCUT2D eigenvalue weighted by Crippen LogP contribution is -2.49. The Hall–Kier alpha value is -1.43. The Morgan fingerprint density at radius 2 is 2.00 bits per heavy atom. The zero-order chi connectivity index (χ0) is 14.7. The standard InChI is InChI=1S/C16H20O5/c17-15(18)14-10-13(6-7-16(14)20-8-9-21-16)19-11-12-4-2-1-3-5-12/h1-5,13-14H,6-11H2,(H,17,18). The van der Waals surface area contributed by atoms with E-state index in [-0.39, 0.29) is 6.10 Å². The van der Waals surface area contributed by atoms with E-state index in [9.17, 15) is 9.90 Å². The maximum Gasteiger partial charge on any atom is 0.312 e. The van der Waals surface area contributed by atoms with Crippen LogP contribution in [0.1, 0.15) is 24.8 Å². The third-order valence-corrected chi connectivity index (χ3v) is 4.25. The summed E-state index contributed by atoms with van der Waals surface area (Å²) in [5.74, 6) is -2.46. The van der Waals surface area contributed by atoms with Crippen molar-refractivity contribution in [3.63, 3.8) is 0 Å². The van der Waals surface area contributed by atoms with Crippen LogP contribution in [0.3, 0.4) is 0 Å². The first-order valence-corrected chi connectivity index (χ1v) is 7.36. The summed E-state index contributed by atoms with van der Waals surface area (Å²) in [6, 6.07) is 9.90. The van der Waals surface area contributed by atoms with Crippen molar-refractivity contribution in [1.29, 1.82) is 0 Å². The zero-order valence-electron chi connectivity index (χ0n) is 11.9. The van der Waals surface area contributed by atoms with Gasteiger partial charge in [-0.15, -0.1) is 0 Å². The van der Waals surface area contributed by atoms with Gasteiger partial charge in [0, 0.05) is 6.42 Å². The quantitative estimate of drug-likeness (QED) is 0.921. The van der Waals surface area contributed by atoms with E-state index in [0.717, 1.165) is 12.0 Å². The van der Waals surface area contributed by atoms with Gasteiger partial charge in [-0.3, -0.25) is 4.79 Å². The van der Waals surface area contributed by atoms with Gasteiger partial charge in [0.05, 0.1) is 25.9 Å². The number of aliphatic carboxylic acids is 1. The number of hydrogen-bond acceptors (Lipinski definition) is 4. The number of rotatable bonds is 4. The molecule has 1 aromatic rings. The van der Waals surface area contributed by atoms with Gasteiger partial charge in [0.15, 0.2) is 5.79 Å². The summed E-state index contributed by atoms with van der Waals surface area (Å²) in [4.78, 5) is 11.5. The molecule has 3 rings (SSSR count). The Morgan fingerprint density at radius 3 is 2.67 bits per heavy atom. The van der Waals surface area contributed by atoms with Crippen LogP contribution in [0.4, 0.5) is 0 Å². The molecule has 2 aliphatic rings. The lowest BCUT2D eigenvalue weighted by Gasteiger charge is -2.40. The molecule has 2 unspecified atom stereocenters. The largest absolute Gasteiger partial charge is 0.481 e. The second kappa shape index (κ2) is 6.13. The summed E-state index contributed by atoms with van der Waals surface area (Å²) >= 11 is 0. The summed E-state index contributed by atoms with van der Waals surface area (Å²) in [5.41, 5.74) is 1.10. The second-order valence-corrected chi connectivity index (χ2v) is 5.59. The van der Waals surface area contributed by atoms with Gasteiger partial charge < -0.3 is 19.3 Å². The fourth-order valence-electron chi connectivity index (χ4n) is 3.14. The Labute approximate surface area is 123 Å². The molecule has 5 nitrogen and oxygen atoms in total. The van der Waals surface area contributed by atoms with Crippen molar-refractivity contribution < 1.29 is 24.1 Å². The first kappa shape index (κ1) is 14.5. The minimum Gasteiger partial charge on any atom is -0.481 e. The molecular weight excluding hydrogens is 272 g/mol. The molecule has 1 aliphatic heterocycles. The summed E-state index contributed by atoms with van der Waals surface area (Å²) in [6.07, 6.45) is 1.70. The van der Waals surface area contributed by atoms with Gasteiger partial charge in [0.2, 0.25) is 0 Å². The molecule has 114 valence electrons. The number of carbonyl (C=O) groups is 1. The first-order valence-electron chi connectivity index (χ1n) is 7.36. The van der Waals surface area contributed by atoms with E-state index in [2.05, 4.69) is 0 Å². The average molecular weight is 292 g/mol. The van der Waals surface area contributed by atoms with Crippen LogP contribution in [0.25, 0.3) is 0 Å². The van der Waals surface area contributed by atoms with Crippen LogP contribution in [0.2, 0.25) is 0 Å². The van der Waals surface area contributed by atoms with Gasteiger partial charge in [0.1, 0.15) is 5.92 Å². The van der Waals surface area contributed by atoms with E-state index >= 15 is 0 Å². The maximum absolute atomic E-state index is 11.5. The molecule has 1 aromatic carbocycles. The first-order chi connectivity index (χ1) is 10.2. The predicted octanol–water partition coefficient (Wildman–Crippen LogP) is 2.20. The van der Waals surface area contributed by atoms with Crippen molar-refractivity contribution in [2.45, 2.75) is 37.8 Å². The minimum absolute atomic E-state index is 0.0651. The van der Waals surface area contributed by atoms with Crippen LogP contribution in [-0.4, -0.2) is 36.2 Å². The minimum atomic E-state index is -0.932. The van der Waals surface area contributed by atoms with Crippen molar-refractivity contribution in [2.75, 3.05) is 13.2 Å². The molecule has 0 bridgehead atoms. The molecular formula is C16H20O5. The molecule has 1 aliphatic carbocycles. The zero-order valence-corrected chi connectivity index (χ0v) is 11.9. The highest BCUT2D eigenvalue weighted by molar-refractivity contribution is 5.71. The average Bonchev–Trinajstić information content (AvgIpc) is 2.96.